The number of hydrogen-bond acceptors (Lipinski definition) is 3. The fraction of sp³-hybridized carbons (Fsp3) is 0.304. The summed E-state index contributed by atoms with van der Waals surface area (Å²) in [4.78, 5) is 25.0. The van der Waals surface area contributed by atoms with Gasteiger partial charge in [0.25, 0.3) is 5.91 Å². The van der Waals surface area contributed by atoms with E-state index < -0.39 is 64.6 Å². The number of benzene rings is 2. The highest BCUT2D eigenvalue weighted by atomic mass is 35.5. The van der Waals surface area contributed by atoms with Gasteiger partial charge in [0, 0.05) is 11.1 Å². The molecule has 1 aliphatic carbocycles. The summed E-state index contributed by atoms with van der Waals surface area (Å²) in [6.45, 7) is 0. The monoisotopic (exact) mass is 523 g/mol. The van der Waals surface area contributed by atoms with Crippen LogP contribution in [0, 0.1) is 11.7 Å². The van der Waals surface area contributed by atoms with Crippen molar-refractivity contribution >= 4 is 23.5 Å². The summed E-state index contributed by atoms with van der Waals surface area (Å²) in [6, 6.07) is 3.30. The van der Waals surface area contributed by atoms with E-state index in [0.717, 1.165) is 19.2 Å². The SMILES string of the molecule is COC(=O)[C@H](c1ccc(F)cc1Cl)[C@@H]1C=C[C@@H](NC(=O)c2ccc(C(F)(F)F)cc2C(F)(F)F)C1. The molecule has 188 valence electrons. The first-order chi connectivity index (χ1) is 16.2. The molecule has 0 saturated carbocycles. The molecular formula is C23H17ClF7NO3. The second-order valence-electron chi connectivity index (χ2n) is 7.79. The third-order valence-electron chi connectivity index (χ3n) is 5.51. The van der Waals surface area contributed by atoms with E-state index in [1.807, 2.05) is 0 Å². The molecule has 0 radical (unpaired) electrons. The average molecular weight is 524 g/mol. The predicted molar refractivity (Wildman–Crippen MR) is 111 cm³/mol. The zero-order chi connectivity index (χ0) is 26.1. The first kappa shape index (κ1) is 26.5. The Morgan fingerprint density at radius 1 is 1.03 bits per heavy atom. The normalized spacial score (nSPS) is 18.9. The molecule has 35 heavy (non-hydrogen) atoms. The molecule has 2 aromatic carbocycles. The molecule has 2 aromatic rings. The molecule has 3 atom stereocenters. The van der Waals surface area contributed by atoms with E-state index in [1.54, 1.807) is 0 Å². The van der Waals surface area contributed by atoms with E-state index in [0.29, 0.717) is 12.1 Å². The maximum atomic E-state index is 13.4. The number of rotatable bonds is 5. The molecular weight excluding hydrogens is 507 g/mol. The number of halogens is 8. The zero-order valence-electron chi connectivity index (χ0n) is 17.8. The minimum absolute atomic E-state index is 0.0409. The smallest absolute Gasteiger partial charge is 0.417 e. The first-order valence-corrected chi connectivity index (χ1v) is 10.4. The third kappa shape index (κ3) is 5.95. The van der Waals surface area contributed by atoms with E-state index in [4.69, 9.17) is 16.3 Å². The number of carbonyl (C=O) groups is 2. The molecule has 0 fully saturated rings. The van der Waals surface area contributed by atoms with Crippen LogP contribution in [0.4, 0.5) is 30.7 Å². The lowest BCUT2D eigenvalue weighted by molar-refractivity contribution is -0.144. The minimum atomic E-state index is -5.21. The van der Waals surface area contributed by atoms with E-state index in [-0.39, 0.29) is 23.1 Å². The molecule has 0 bridgehead atoms. The first-order valence-electron chi connectivity index (χ1n) is 10.0. The summed E-state index contributed by atoms with van der Waals surface area (Å²) in [5.74, 6) is -4.20. The van der Waals surface area contributed by atoms with Gasteiger partial charge >= 0.3 is 18.3 Å². The number of carbonyl (C=O) groups excluding carboxylic acids is 2. The Morgan fingerprint density at radius 3 is 2.29 bits per heavy atom. The summed E-state index contributed by atoms with van der Waals surface area (Å²) >= 11 is 6.08. The molecule has 0 saturated heterocycles. The standard InChI is InChI=1S/C23H17ClF7NO3/c1-35-21(34)19(16-7-4-13(25)10-18(16)24)11-2-5-14(8-11)32-20(33)15-6-3-12(22(26,27)28)9-17(15)23(29,30)31/h2-7,9-11,14,19H,8H2,1H3,(H,32,33)/t11-,14-,19+/m1/s1. The van der Waals surface area contributed by atoms with Gasteiger partial charge in [-0.15, -0.1) is 0 Å². The van der Waals surface area contributed by atoms with Gasteiger partial charge in [-0.3, -0.25) is 9.59 Å². The van der Waals surface area contributed by atoms with Crippen molar-refractivity contribution in [1.82, 2.24) is 5.32 Å². The van der Waals surface area contributed by atoms with Crippen LogP contribution in [0.5, 0.6) is 0 Å². The highest BCUT2D eigenvalue weighted by molar-refractivity contribution is 6.31. The number of esters is 1. The Kier molecular flexibility index (Phi) is 7.49. The largest absolute Gasteiger partial charge is 0.469 e. The van der Waals surface area contributed by atoms with E-state index in [2.05, 4.69) is 5.32 Å². The van der Waals surface area contributed by atoms with Gasteiger partial charge < -0.3 is 10.1 Å². The van der Waals surface area contributed by atoms with Gasteiger partial charge in [-0.25, -0.2) is 4.39 Å². The van der Waals surface area contributed by atoms with Crippen molar-refractivity contribution in [2.24, 2.45) is 5.92 Å². The molecule has 4 nitrogen and oxygen atoms in total. The summed E-state index contributed by atoms with van der Waals surface area (Å²) in [7, 11) is 1.13. The van der Waals surface area contributed by atoms with Crippen LogP contribution in [0.25, 0.3) is 0 Å². The lowest BCUT2D eigenvalue weighted by atomic mass is 9.85. The second kappa shape index (κ2) is 9.88. The van der Waals surface area contributed by atoms with Crippen molar-refractivity contribution in [3.8, 4) is 0 Å². The van der Waals surface area contributed by atoms with Gasteiger partial charge in [0.15, 0.2) is 0 Å². The fourth-order valence-corrected chi connectivity index (χ4v) is 4.18. The molecule has 0 aliphatic heterocycles. The van der Waals surface area contributed by atoms with E-state index >= 15 is 0 Å². The van der Waals surface area contributed by atoms with Gasteiger partial charge in [0.1, 0.15) is 5.82 Å². The van der Waals surface area contributed by atoms with Crippen LogP contribution in [0.3, 0.4) is 0 Å². The number of methoxy groups -OCH3 is 1. The van der Waals surface area contributed by atoms with Gasteiger partial charge in [0.2, 0.25) is 0 Å². The molecule has 0 unspecified atom stereocenters. The van der Waals surface area contributed by atoms with Gasteiger partial charge in [0.05, 0.1) is 29.7 Å². The van der Waals surface area contributed by atoms with Crippen LogP contribution in [0.1, 0.15) is 39.4 Å². The fourth-order valence-electron chi connectivity index (χ4n) is 3.89. The number of nitrogens with one attached hydrogen (secondary N) is 1. The van der Waals surface area contributed by atoms with E-state index in [9.17, 15) is 40.3 Å². The van der Waals surface area contributed by atoms with Crippen LogP contribution in [0.15, 0.2) is 48.6 Å². The summed E-state index contributed by atoms with van der Waals surface area (Å²) in [6.07, 6.45) is -7.23. The number of allylic oxidation sites excluding steroid dienone is 1. The Morgan fingerprint density at radius 2 is 1.71 bits per heavy atom. The quantitative estimate of drug-likeness (QED) is 0.291. The van der Waals surface area contributed by atoms with Gasteiger partial charge in [-0.1, -0.05) is 29.8 Å². The average Bonchev–Trinajstić information content (AvgIpc) is 3.21. The summed E-state index contributed by atoms with van der Waals surface area (Å²) < 4.78 is 97.0. The Labute approximate surface area is 199 Å². The molecule has 1 aliphatic rings. The van der Waals surface area contributed by atoms with Crippen LogP contribution < -0.4 is 5.32 Å². The number of alkyl halides is 6. The summed E-state index contributed by atoms with van der Waals surface area (Å²) in [5.41, 5.74) is -4.00. The maximum Gasteiger partial charge on any atom is 0.417 e. The predicted octanol–water partition coefficient (Wildman–Crippen LogP) is 6.15. The lowest BCUT2D eigenvalue weighted by Gasteiger charge is -2.23. The maximum absolute atomic E-state index is 13.4. The number of amides is 1. The summed E-state index contributed by atoms with van der Waals surface area (Å²) in [5, 5.41) is 2.29. The van der Waals surface area contributed by atoms with Gasteiger partial charge in [-0.05, 0) is 48.2 Å². The topological polar surface area (TPSA) is 55.4 Å². The third-order valence-corrected chi connectivity index (χ3v) is 5.84. The molecule has 1 amide bonds. The molecule has 1 N–H and O–H groups in total. The number of hydrogen-bond donors (Lipinski definition) is 1. The van der Waals surface area contributed by atoms with Gasteiger partial charge in [-0.2, -0.15) is 26.3 Å². The Hall–Kier alpha value is -3.08. The van der Waals surface area contributed by atoms with Crippen molar-refractivity contribution in [2.75, 3.05) is 7.11 Å². The minimum Gasteiger partial charge on any atom is -0.469 e. The molecule has 3 rings (SSSR count). The second-order valence-corrected chi connectivity index (χ2v) is 8.19. The Balaban J connectivity index is 1.83. The molecule has 12 heteroatoms. The highest BCUT2D eigenvalue weighted by Gasteiger charge is 2.40. The van der Waals surface area contributed by atoms with Crippen LogP contribution in [-0.2, 0) is 21.9 Å². The van der Waals surface area contributed by atoms with Crippen molar-refractivity contribution < 1.29 is 45.1 Å². The molecule has 0 aromatic heterocycles. The van der Waals surface area contributed by atoms with E-state index in [1.165, 1.54) is 18.2 Å². The lowest BCUT2D eigenvalue weighted by Crippen LogP contribution is -2.35. The van der Waals surface area contributed by atoms with Crippen molar-refractivity contribution in [3.63, 3.8) is 0 Å². The van der Waals surface area contributed by atoms with Crippen molar-refractivity contribution in [1.29, 1.82) is 0 Å². The highest BCUT2D eigenvalue weighted by Crippen LogP contribution is 2.39. The van der Waals surface area contributed by atoms with Crippen LogP contribution in [0.2, 0.25) is 5.02 Å². The van der Waals surface area contributed by atoms with Crippen molar-refractivity contribution in [2.45, 2.75) is 30.7 Å². The number of ether oxygens (including phenoxy) is 1. The van der Waals surface area contributed by atoms with Crippen LogP contribution >= 0.6 is 11.6 Å². The van der Waals surface area contributed by atoms with Crippen molar-refractivity contribution in [3.05, 3.63) is 81.6 Å². The molecule has 0 spiro atoms. The Bertz CT molecular complexity index is 1160. The zero-order valence-corrected chi connectivity index (χ0v) is 18.6. The van der Waals surface area contributed by atoms with Crippen LogP contribution in [-0.4, -0.2) is 25.0 Å². The molecule has 0 heterocycles.